The van der Waals surface area contributed by atoms with E-state index in [-0.39, 0.29) is 16.7 Å². The molecule has 0 bridgehead atoms. The lowest BCUT2D eigenvalue weighted by atomic mass is 10.2. The molecular formula is C10H11BrF3N3O. The van der Waals surface area contributed by atoms with Crippen molar-refractivity contribution in [3.05, 3.63) is 28.2 Å². The third-order valence-electron chi connectivity index (χ3n) is 2.16. The van der Waals surface area contributed by atoms with Gasteiger partial charge in [-0.1, -0.05) is 15.9 Å². The molecule has 1 atom stereocenters. The summed E-state index contributed by atoms with van der Waals surface area (Å²) in [5, 5.41) is 2.62. The van der Waals surface area contributed by atoms with Crippen molar-refractivity contribution in [2.75, 3.05) is 11.9 Å². The summed E-state index contributed by atoms with van der Waals surface area (Å²) < 4.78 is 37.7. The van der Waals surface area contributed by atoms with Crippen molar-refractivity contribution >= 4 is 27.5 Å². The van der Waals surface area contributed by atoms with Gasteiger partial charge in [-0.25, -0.2) is 0 Å². The van der Waals surface area contributed by atoms with Gasteiger partial charge in [0.2, 0.25) is 5.91 Å². The smallest absolute Gasteiger partial charge is 0.383 e. The first-order valence-corrected chi connectivity index (χ1v) is 5.66. The molecular weight excluding hydrogens is 315 g/mol. The van der Waals surface area contributed by atoms with Crippen LogP contribution in [0.4, 0.5) is 18.9 Å². The lowest BCUT2D eigenvalue weighted by Gasteiger charge is -2.14. The van der Waals surface area contributed by atoms with Crippen molar-refractivity contribution < 1.29 is 18.0 Å². The molecule has 0 aliphatic carbocycles. The van der Waals surface area contributed by atoms with Crippen molar-refractivity contribution in [3.8, 4) is 0 Å². The number of rotatable bonds is 4. The number of nitrogens with two attached hydrogens (primary N) is 2. The van der Waals surface area contributed by atoms with Crippen LogP contribution in [0.1, 0.15) is 5.56 Å². The highest BCUT2D eigenvalue weighted by Crippen LogP contribution is 2.36. The quantitative estimate of drug-likeness (QED) is 0.788. The van der Waals surface area contributed by atoms with Gasteiger partial charge in [0.1, 0.15) is 6.04 Å². The fourth-order valence-electron chi connectivity index (χ4n) is 1.18. The summed E-state index contributed by atoms with van der Waals surface area (Å²) in [7, 11) is 0. The standard InChI is InChI=1S/C10H11BrF3N3O/c11-7-2-1-5(3-6(7)10(12,13)14)17-4-8(15)9(16)18/h1-3,8,17H,4,15H2,(H2,16,18). The molecule has 0 radical (unpaired) electrons. The molecule has 1 amide bonds. The van der Waals surface area contributed by atoms with Crippen molar-refractivity contribution in [2.45, 2.75) is 12.2 Å². The lowest BCUT2D eigenvalue weighted by Crippen LogP contribution is -2.41. The average molecular weight is 326 g/mol. The average Bonchev–Trinajstić information content (AvgIpc) is 2.25. The summed E-state index contributed by atoms with van der Waals surface area (Å²) in [4.78, 5) is 10.7. The van der Waals surface area contributed by atoms with Crippen LogP contribution >= 0.6 is 15.9 Å². The number of halogens is 4. The first-order chi connectivity index (χ1) is 8.21. The van der Waals surface area contributed by atoms with E-state index in [4.69, 9.17) is 11.5 Å². The summed E-state index contributed by atoms with van der Waals surface area (Å²) in [6.07, 6.45) is -4.46. The summed E-state index contributed by atoms with van der Waals surface area (Å²) in [6.45, 7) is -0.0335. The van der Waals surface area contributed by atoms with Crippen LogP contribution < -0.4 is 16.8 Å². The zero-order valence-electron chi connectivity index (χ0n) is 9.09. The summed E-state index contributed by atoms with van der Waals surface area (Å²) >= 11 is 2.82. The highest BCUT2D eigenvalue weighted by Gasteiger charge is 2.33. The van der Waals surface area contributed by atoms with Crippen LogP contribution in [0.5, 0.6) is 0 Å². The molecule has 18 heavy (non-hydrogen) atoms. The molecule has 0 aliphatic heterocycles. The van der Waals surface area contributed by atoms with E-state index in [1.807, 2.05) is 0 Å². The van der Waals surface area contributed by atoms with Gasteiger partial charge >= 0.3 is 6.18 Å². The Bertz CT molecular complexity index is 450. The van der Waals surface area contributed by atoms with Crippen molar-refractivity contribution in [1.29, 1.82) is 0 Å². The number of anilines is 1. The van der Waals surface area contributed by atoms with Crippen LogP contribution in [0.15, 0.2) is 22.7 Å². The van der Waals surface area contributed by atoms with Gasteiger partial charge in [-0.05, 0) is 18.2 Å². The second kappa shape index (κ2) is 5.57. The van der Waals surface area contributed by atoms with Gasteiger partial charge in [0.05, 0.1) is 5.56 Å². The lowest BCUT2D eigenvalue weighted by molar-refractivity contribution is -0.138. The van der Waals surface area contributed by atoms with Crippen LogP contribution in [0.2, 0.25) is 0 Å². The summed E-state index contributed by atoms with van der Waals surface area (Å²) in [6, 6.07) is 2.68. The fraction of sp³-hybridized carbons (Fsp3) is 0.300. The van der Waals surface area contributed by atoms with Crippen LogP contribution in [0.3, 0.4) is 0 Å². The number of carbonyl (C=O) groups excluding carboxylic acids is 1. The van der Waals surface area contributed by atoms with Crippen LogP contribution in [0.25, 0.3) is 0 Å². The molecule has 0 saturated heterocycles. The molecule has 0 aromatic heterocycles. The number of carbonyl (C=O) groups is 1. The third kappa shape index (κ3) is 3.88. The van der Waals surface area contributed by atoms with Gasteiger partial charge in [-0.15, -0.1) is 0 Å². The third-order valence-corrected chi connectivity index (χ3v) is 2.85. The molecule has 4 nitrogen and oxygen atoms in total. The minimum absolute atomic E-state index is 0.0335. The molecule has 100 valence electrons. The second-order valence-electron chi connectivity index (χ2n) is 3.58. The van der Waals surface area contributed by atoms with Gasteiger partial charge in [0.15, 0.2) is 0 Å². The number of nitrogens with one attached hydrogen (secondary N) is 1. The van der Waals surface area contributed by atoms with Crippen molar-refractivity contribution in [1.82, 2.24) is 0 Å². The van der Waals surface area contributed by atoms with Crippen LogP contribution in [-0.2, 0) is 11.0 Å². The van der Waals surface area contributed by atoms with Gasteiger partial charge in [-0.3, -0.25) is 4.79 Å². The van der Waals surface area contributed by atoms with E-state index in [1.165, 1.54) is 12.1 Å². The van der Waals surface area contributed by atoms with Crippen molar-refractivity contribution in [3.63, 3.8) is 0 Å². The molecule has 1 unspecified atom stereocenters. The van der Waals surface area contributed by atoms with E-state index in [2.05, 4.69) is 21.2 Å². The molecule has 1 rings (SSSR count). The van der Waals surface area contributed by atoms with Gasteiger partial charge in [0, 0.05) is 16.7 Å². The number of benzene rings is 1. The first-order valence-electron chi connectivity index (χ1n) is 4.87. The number of hydrogen-bond acceptors (Lipinski definition) is 3. The Labute approximate surface area is 110 Å². The maximum absolute atomic E-state index is 12.6. The summed E-state index contributed by atoms with van der Waals surface area (Å²) in [5.41, 5.74) is 9.69. The zero-order chi connectivity index (χ0) is 13.9. The molecule has 0 heterocycles. The monoisotopic (exact) mass is 325 g/mol. The minimum atomic E-state index is -4.46. The Hall–Kier alpha value is -1.28. The molecule has 5 N–H and O–H groups in total. The predicted molar refractivity (Wildman–Crippen MR) is 64.8 cm³/mol. The Morgan fingerprint density at radius 1 is 1.44 bits per heavy atom. The van der Waals surface area contributed by atoms with Gasteiger partial charge < -0.3 is 16.8 Å². The highest BCUT2D eigenvalue weighted by molar-refractivity contribution is 9.10. The van der Waals surface area contributed by atoms with E-state index in [9.17, 15) is 18.0 Å². The second-order valence-corrected chi connectivity index (χ2v) is 4.44. The molecule has 0 fully saturated rings. The Kier molecular flexibility index (Phi) is 4.58. The maximum Gasteiger partial charge on any atom is 0.417 e. The molecule has 0 spiro atoms. The van der Waals surface area contributed by atoms with Crippen LogP contribution in [-0.4, -0.2) is 18.5 Å². The van der Waals surface area contributed by atoms with E-state index in [0.717, 1.165) is 6.07 Å². The maximum atomic E-state index is 12.6. The molecule has 0 aliphatic rings. The topological polar surface area (TPSA) is 81.1 Å². The Morgan fingerprint density at radius 2 is 2.06 bits per heavy atom. The molecule has 0 saturated carbocycles. The Morgan fingerprint density at radius 3 is 2.56 bits per heavy atom. The summed E-state index contributed by atoms with van der Waals surface area (Å²) in [5.74, 6) is -0.726. The number of hydrogen-bond donors (Lipinski definition) is 3. The predicted octanol–water partition coefficient (Wildman–Crippen LogP) is 1.69. The minimum Gasteiger partial charge on any atom is -0.383 e. The van der Waals surface area contributed by atoms with Crippen molar-refractivity contribution in [2.24, 2.45) is 11.5 Å². The van der Waals surface area contributed by atoms with Crippen LogP contribution in [0, 0.1) is 0 Å². The van der Waals surface area contributed by atoms with E-state index < -0.39 is 23.7 Å². The number of primary amides is 1. The number of alkyl halides is 3. The SMILES string of the molecule is NC(=O)C(N)CNc1ccc(Br)c(C(F)(F)F)c1. The molecule has 1 aromatic carbocycles. The highest BCUT2D eigenvalue weighted by atomic mass is 79.9. The zero-order valence-corrected chi connectivity index (χ0v) is 10.7. The fourth-order valence-corrected chi connectivity index (χ4v) is 1.65. The number of amides is 1. The largest absolute Gasteiger partial charge is 0.417 e. The normalized spacial score (nSPS) is 13.2. The van der Waals surface area contributed by atoms with E-state index >= 15 is 0 Å². The first kappa shape index (κ1) is 14.8. The van der Waals surface area contributed by atoms with Gasteiger partial charge in [-0.2, -0.15) is 13.2 Å². The van der Waals surface area contributed by atoms with E-state index in [1.54, 1.807) is 0 Å². The van der Waals surface area contributed by atoms with E-state index in [0.29, 0.717) is 0 Å². The van der Waals surface area contributed by atoms with Gasteiger partial charge in [0.25, 0.3) is 0 Å². The molecule has 1 aromatic rings. The Balaban J connectivity index is 2.83. The molecule has 8 heteroatoms.